The number of carbonyl (C=O) groups is 2. The molecule has 1 saturated heterocycles. The largest absolute Gasteiger partial charge is 0.450 e. The number of likely N-dealkylation sites (tertiary alicyclic amines) is 1. The molecule has 0 aliphatic carbocycles. The number of anilines is 2. The second-order valence-electron chi connectivity index (χ2n) is 7.45. The molecular formula is C23H30N4O3. The van der Waals surface area contributed by atoms with E-state index in [0.29, 0.717) is 19.7 Å². The monoisotopic (exact) mass is 410 g/mol. The fraction of sp³-hybridized carbons (Fsp3) is 0.391. The van der Waals surface area contributed by atoms with Crippen molar-refractivity contribution < 1.29 is 14.3 Å². The zero-order valence-electron chi connectivity index (χ0n) is 17.6. The Hall–Kier alpha value is -3.22. The number of urea groups is 1. The van der Waals surface area contributed by atoms with Crippen LogP contribution in [0.25, 0.3) is 0 Å². The quantitative estimate of drug-likeness (QED) is 0.753. The first-order valence-electron chi connectivity index (χ1n) is 10.4. The van der Waals surface area contributed by atoms with Gasteiger partial charge in [0.05, 0.1) is 6.61 Å². The highest BCUT2D eigenvalue weighted by molar-refractivity contribution is 5.89. The van der Waals surface area contributed by atoms with Gasteiger partial charge < -0.3 is 25.2 Å². The molecule has 0 bridgehead atoms. The van der Waals surface area contributed by atoms with Gasteiger partial charge in [-0.2, -0.15) is 0 Å². The zero-order chi connectivity index (χ0) is 21.3. The molecule has 0 aromatic heterocycles. The van der Waals surface area contributed by atoms with Crippen LogP contribution < -0.4 is 15.5 Å². The SMILES string of the molecule is CCOC(=O)N1CCC(NC(=O)Nc2ccc(N(C)Cc3ccccc3)cc2)CC1. The molecule has 160 valence electrons. The maximum absolute atomic E-state index is 12.3. The van der Waals surface area contributed by atoms with Gasteiger partial charge in [-0.25, -0.2) is 9.59 Å². The lowest BCUT2D eigenvalue weighted by molar-refractivity contribution is 0.0959. The third-order valence-corrected chi connectivity index (χ3v) is 5.18. The van der Waals surface area contributed by atoms with E-state index in [2.05, 4.69) is 27.7 Å². The number of hydrogen-bond donors (Lipinski definition) is 2. The van der Waals surface area contributed by atoms with Crippen molar-refractivity contribution in [1.29, 1.82) is 0 Å². The van der Waals surface area contributed by atoms with E-state index in [9.17, 15) is 9.59 Å². The van der Waals surface area contributed by atoms with Crippen molar-refractivity contribution in [2.45, 2.75) is 32.4 Å². The van der Waals surface area contributed by atoms with Crippen molar-refractivity contribution in [3.63, 3.8) is 0 Å². The summed E-state index contributed by atoms with van der Waals surface area (Å²) >= 11 is 0. The topological polar surface area (TPSA) is 73.9 Å². The van der Waals surface area contributed by atoms with E-state index in [0.717, 1.165) is 30.8 Å². The van der Waals surface area contributed by atoms with E-state index >= 15 is 0 Å². The number of benzene rings is 2. The Balaban J connectivity index is 1.44. The molecule has 0 spiro atoms. The lowest BCUT2D eigenvalue weighted by Gasteiger charge is -2.31. The smallest absolute Gasteiger partial charge is 0.409 e. The minimum absolute atomic E-state index is 0.0481. The van der Waals surface area contributed by atoms with Gasteiger partial charge in [0.1, 0.15) is 0 Å². The molecular weight excluding hydrogens is 380 g/mol. The van der Waals surface area contributed by atoms with Crippen LogP contribution in [0.1, 0.15) is 25.3 Å². The van der Waals surface area contributed by atoms with Crippen LogP contribution in [-0.4, -0.2) is 49.8 Å². The van der Waals surface area contributed by atoms with Crippen molar-refractivity contribution >= 4 is 23.5 Å². The number of ether oxygens (including phenoxy) is 1. The van der Waals surface area contributed by atoms with Crippen molar-refractivity contribution in [1.82, 2.24) is 10.2 Å². The maximum atomic E-state index is 12.3. The fourth-order valence-electron chi connectivity index (χ4n) is 3.52. The highest BCUT2D eigenvalue weighted by Crippen LogP contribution is 2.19. The number of nitrogens with one attached hydrogen (secondary N) is 2. The lowest BCUT2D eigenvalue weighted by Crippen LogP contribution is -2.47. The zero-order valence-corrected chi connectivity index (χ0v) is 17.6. The van der Waals surface area contributed by atoms with Crippen LogP contribution in [0.2, 0.25) is 0 Å². The number of hydrogen-bond acceptors (Lipinski definition) is 4. The van der Waals surface area contributed by atoms with Crippen LogP contribution in [0, 0.1) is 0 Å². The standard InChI is InChI=1S/C23H30N4O3/c1-3-30-23(29)27-15-13-20(14-16-27)25-22(28)24-19-9-11-21(12-10-19)26(2)17-18-7-5-4-6-8-18/h4-12,20H,3,13-17H2,1-2H3,(H2,24,25,28). The minimum Gasteiger partial charge on any atom is -0.450 e. The van der Waals surface area contributed by atoms with Crippen molar-refractivity contribution in [3.8, 4) is 0 Å². The number of amides is 3. The number of piperidine rings is 1. The Morgan fingerprint density at radius 1 is 1.07 bits per heavy atom. The molecule has 2 N–H and O–H groups in total. The average molecular weight is 411 g/mol. The first-order chi connectivity index (χ1) is 14.5. The molecule has 7 nitrogen and oxygen atoms in total. The van der Waals surface area contributed by atoms with E-state index in [1.807, 2.05) is 49.5 Å². The normalized spacial score (nSPS) is 14.1. The molecule has 3 amide bonds. The summed E-state index contributed by atoms with van der Waals surface area (Å²) in [5.74, 6) is 0. The molecule has 0 saturated carbocycles. The molecule has 7 heteroatoms. The van der Waals surface area contributed by atoms with Crippen LogP contribution in [0.3, 0.4) is 0 Å². The summed E-state index contributed by atoms with van der Waals surface area (Å²) < 4.78 is 5.02. The van der Waals surface area contributed by atoms with Gasteiger partial charge >= 0.3 is 12.1 Å². The molecule has 0 atom stereocenters. The number of nitrogens with zero attached hydrogens (tertiary/aromatic N) is 2. The summed E-state index contributed by atoms with van der Waals surface area (Å²) in [6.45, 7) is 4.17. The molecule has 2 aromatic rings. The highest BCUT2D eigenvalue weighted by atomic mass is 16.6. The van der Waals surface area contributed by atoms with E-state index in [4.69, 9.17) is 4.74 Å². The van der Waals surface area contributed by atoms with Gasteiger partial charge in [-0.15, -0.1) is 0 Å². The summed E-state index contributed by atoms with van der Waals surface area (Å²) in [4.78, 5) is 27.9. The van der Waals surface area contributed by atoms with Crippen LogP contribution >= 0.6 is 0 Å². The van der Waals surface area contributed by atoms with Crippen molar-refractivity contribution in [2.75, 3.05) is 37.0 Å². The van der Waals surface area contributed by atoms with Gasteiger partial charge in [0, 0.05) is 44.1 Å². The Morgan fingerprint density at radius 3 is 2.37 bits per heavy atom. The first kappa shape index (κ1) is 21.5. The van der Waals surface area contributed by atoms with Crippen LogP contribution in [0.15, 0.2) is 54.6 Å². The maximum Gasteiger partial charge on any atom is 0.409 e. The predicted molar refractivity (Wildman–Crippen MR) is 119 cm³/mol. The van der Waals surface area contributed by atoms with Crippen LogP contribution in [0.5, 0.6) is 0 Å². The molecule has 0 unspecified atom stereocenters. The molecule has 2 aromatic carbocycles. The third-order valence-electron chi connectivity index (χ3n) is 5.18. The Bertz CT molecular complexity index is 818. The molecule has 30 heavy (non-hydrogen) atoms. The van der Waals surface area contributed by atoms with E-state index in [1.165, 1.54) is 5.56 Å². The third kappa shape index (κ3) is 6.14. The Morgan fingerprint density at radius 2 is 1.73 bits per heavy atom. The van der Waals surface area contributed by atoms with Gasteiger partial charge in [0.2, 0.25) is 0 Å². The van der Waals surface area contributed by atoms with Gasteiger partial charge in [-0.3, -0.25) is 0 Å². The predicted octanol–water partition coefficient (Wildman–Crippen LogP) is 4.07. The second kappa shape index (κ2) is 10.5. The summed E-state index contributed by atoms with van der Waals surface area (Å²) in [6, 6.07) is 17.9. The molecule has 1 fully saturated rings. The molecule has 1 aliphatic rings. The van der Waals surface area contributed by atoms with Crippen molar-refractivity contribution in [3.05, 3.63) is 60.2 Å². The first-order valence-corrected chi connectivity index (χ1v) is 10.4. The van der Waals surface area contributed by atoms with E-state index < -0.39 is 0 Å². The number of rotatable bonds is 6. The van der Waals surface area contributed by atoms with Gasteiger partial charge in [0.25, 0.3) is 0 Å². The van der Waals surface area contributed by atoms with Gasteiger partial charge in [0.15, 0.2) is 0 Å². The molecule has 0 radical (unpaired) electrons. The minimum atomic E-state index is -0.280. The van der Waals surface area contributed by atoms with E-state index in [1.54, 1.807) is 11.8 Å². The average Bonchev–Trinajstić information content (AvgIpc) is 2.75. The molecule has 1 heterocycles. The Labute approximate surface area is 178 Å². The van der Waals surface area contributed by atoms with Gasteiger partial charge in [-0.1, -0.05) is 30.3 Å². The fourth-order valence-corrected chi connectivity index (χ4v) is 3.52. The van der Waals surface area contributed by atoms with Crippen LogP contribution in [0.4, 0.5) is 21.0 Å². The van der Waals surface area contributed by atoms with Crippen molar-refractivity contribution in [2.24, 2.45) is 0 Å². The highest BCUT2D eigenvalue weighted by Gasteiger charge is 2.24. The number of carbonyl (C=O) groups excluding carboxylic acids is 2. The van der Waals surface area contributed by atoms with Gasteiger partial charge in [-0.05, 0) is 49.6 Å². The summed E-state index contributed by atoms with van der Waals surface area (Å²) in [6.07, 6.45) is 1.16. The molecule has 3 rings (SSSR count). The summed E-state index contributed by atoms with van der Waals surface area (Å²) in [5.41, 5.74) is 3.07. The molecule has 1 aliphatic heterocycles. The lowest BCUT2D eigenvalue weighted by atomic mass is 10.1. The Kier molecular flexibility index (Phi) is 7.54. The summed E-state index contributed by atoms with van der Waals surface area (Å²) in [5, 5.41) is 5.88. The van der Waals surface area contributed by atoms with E-state index in [-0.39, 0.29) is 18.2 Å². The second-order valence-corrected chi connectivity index (χ2v) is 7.45. The summed E-state index contributed by atoms with van der Waals surface area (Å²) in [7, 11) is 2.05. The van der Waals surface area contributed by atoms with Crippen LogP contribution in [-0.2, 0) is 11.3 Å².